The molecule has 0 spiro atoms. The maximum atomic E-state index is 10.2. The van der Waals surface area contributed by atoms with Gasteiger partial charge >= 0.3 is 0 Å². The van der Waals surface area contributed by atoms with E-state index in [1.165, 1.54) is 0 Å². The lowest BCUT2D eigenvalue weighted by molar-refractivity contribution is 0.00855. The van der Waals surface area contributed by atoms with Crippen molar-refractivity contribution in [3.63, 3.8) is 0 Å². The molecular weight excluding hydrogens is 306 g/mol. The monoisotopic (exact) mass is 335 g/mol. The Morgan fingerprint density at radius 1 is 1.50 bits per heavy atom. The van der Waals surface area contributed by atoms with Crippen LogP contribution in [-0.4, -0.2) is 62.2 Å². The van der Waals surface area contributed by atoms with Crippen LogP contribution in [0.25, 0.3) is 0 Å². The van der Waals surface area contributed by atoms with Crippen LogP contribution in [0, 0.1) is 0 Å². The zero-order valence-corrected chi connectivity index (χ0v) is 14.5. The minimum Gasteiger partial charge on any atom is -0.497 e. The van der Waals surface area contributed by atoms with Gasteiger partial charge in [-0.1, -0.05) is 18.2 Å². The number of hydrogen-bond donors (Lipinski definition) is 1. The third-order valence-corrected chi connectivity index (χ3v) is 4.04. The summed E-state index contributed by atoms with van der Waals surface area (Å²) in [6.45, 7) is 7.33. The summed E-state index contributed by atoms with van der Waals surface area (Å²) in [7, 11) is 1.67. The van der Waals surface area contributed by atoms with Gasteiger partial charge in [0.1, 0.15) is 5.75 Å². The van der Waals surface area contributed by atoms with Crippen LogP contribution in [0.1, 0.15) is 18.4 Å². The van der Waals surface area contributed by atoms with E-state index in [4.69, 9.17) is 14.2 Å². The van der Waals surface area contributed by atoms with Gasteiger partial charge in [-0.25, -0.2) is 0 Å². The van der Waals surface area contributed by atoms with Crippen LogP contribution in [0.4, 0.5) is 0 Å². The van der Waals surface area contributed by atoms with Gasteiger partial charge in [-0.15, -0.1) is 6.58 Å². The highest BCUT2D eigenvalue weighted by atomic mass is 16.5. The van der Waals surface area contributed by atoms with E-state index in [1.54, 1.807) is 13.2 Å². The molecule has 1 saturated heterocycles. The summed E-state index contributed by atoms with van der Waals surface area (Å²) in [6, 6.07) is 8.03. The predicted octanol–water partition coefficient (Wildman–Crippen LogP) is 2.24. The molecule has 1 heterocycles. The number of benzene rings is 1. The molecule has 0 bridgehead atoms. The van der Waals surface area contributed by atoms with Gasteiger partial charge in [0, 0.05) is 26.2 Å². The summed E-state index contributed by atoms with van der Waals surface area (Å²) in [6.07, 6.45) is 3.60. The van der Waals surface area contributed by atoms with Crippen LogP contribution in [0.15, 0.2) is 36.9 Å². The number of nitrogens with zero attached hydrogens (tertiary/aromatic N) is 1. The Kier molecular flexibility index (Phi) is 8.25. The van der Waals surface area contributed by atoms with E-state index in [9.17, 15) is 5.11 Å². The number of methoxy groups -OCH3 is 1. The molecule has 1 aromatic rings. The van der Waals surface area contributed by atoms with Crippen LogP contribution in [0.3, 0.4) is 0 Å². The van der Waals surface area contributed by atoms with Gasteiger partial charge in [0.2, 0.25) is 0 Å². The Morgan fingerprint density at radius 2 is 2.38 bits per heavy atom. The first-order valence-electron chi connectivity index (χ1n) is 8.55. The number of hydrogen-bond acceptors (Lipinski definition) is 5. The first kappa shape index (κ1) is 18.9. The van der Waals surface area contributed by atoms with Crippen molar-refractivity contribution in [3.05, 3.63) is 42.5 Å². The zero-order valence-electron chi connectivity index (χ0n) is 14.5. The fourth-order valence-electron chi connectivity index (χ4n) is 2.95. The van der Waals surface area contributed by atoms with Crippen molar-refractivity contribution in [1.29, 1.82) is 0 Å². The van der Waals surface area contributed by atoms with E-state index in [1.807, 2.05) is 18.2 Å². The summed E-state index contributed by atoms with van der Waals surface area (Å²) in [5, 5.41) is 10.2. The van der Waals surface area contributed by atoms with E-state index < -0.39 is 6.10 Å². The molecule has 0 aromatic heterocycles. The topological polar surface area (TPSA) is 51.2 Å². The minimum atomic E-state index is -0.531. The summed E-state index contributed by atoms with van der Waals surface area (Å²) in [4.78, 5) is 2.23. The minimum absolute atomic E-state index is 0.247. The van der Waals surface area contributed by atoms with Crippen molar-refractivity contribution in [1.82, 2.24) is 4.90 Å². The van der Waals surface area contributed by atoms with E-state index in [0.717, 1.165) is 43.9 Å². The second-order valence-electron chi connectivity index (χ2n) is 6.16. The molecule has 1 fully saturated rings. The molecule has 2 unspecified atom stereocenters. The Labute approximate surface area is 144 Å². The van der Waals surface area contributed by atoms with Crippen molar-refractivity contribution in [3.8, 4) is 5.75 Å². The lowest BCUT2D eigenvalue weighted by atomic mass is 10.1. The number of rotatable bonds is 11. The van der Waals surface area contributed by atoms with Crippen LogP contribution < -0.4 is 4.74 Å². The van der Waals surface area contributed by atoms with Crippen LogP contribution in [-0.2, 0) is 16.0 Å². The van der Waals surface area contributed by atoms with Crippen molar-refractivity contribution in [2.75, 3.05) is 40.0 Å². The predicted molar refractivity (Wildman–Crippen MR) is 94.3 cm³/mol. The molecule has 0 aliphatic carbocycles. The number of aliphatic hydroxyl groups is 1. The lowest BCUT2D eigenvalue weighted by Crippen LogP contribution is -2.39. The molecule has 1 aliphatic rings. The Balaban J connectivity index is 1.94. The van der Waals surface area contributed by atoms with E-state index in [2.05, 4.69) is 17.5 Å². The molecule has 2 atom stereocenters. The quantitative estimate of drug-likeness (QED) is 0.496. The van der Waals surface area contributed by atoms with Gasteiger partial charge in [-0.05, 0) is 30.5 Å². The molecule has 0 amide bonds. The molecule has 2 rings (SSSR count). The molecule has 0 saturated carbocycles. The molecule has 1 aromatic carbocycles. The van der Waals surface area contributed by atoms with Crippen molar-refractivity contribution in [2.45, 2.75) is 31.6 Å². The average Bonchev–Trinajstić information content (AvgIpc) is 3.08. The van der Waals surface area contributed by atoms with E-state index >= 15 is 0 Å². The lowest BCUT2D eigenvalue weighted by Gasteiger charge is -2.27. The molecule has 0 radical (unpaired) electrons. The van der Waals surface area contributed by atoms with Gasteiger partial charge in [-0.2, -0.15) is 0 Å². The van der Waals surface area contributed by atoms with Gasteiger partial charge in [0.15, 0.2) is 0 Å². The first-order valence-corrected chi connectivity index (χ1v) is 8.55. The summed E-state index contributed by atoms with van der Waals surface area (Å²) < 4.78 is 16.4. The molecule has 5 nitrogen and oxygen atoms in total. The smallest absolute Gasteiger partial charge is 0.119 e. The second-order valence-corrected chi connectivity index (χ2v) is 6.16. The number of aliphatic hydroxyl groups excluding tert-OH is 1. The number of ether oxygens (including phenoxy) is 3. The van der Waals surface area contributed by atoms with Crippen molar-refractivity contribution < 1.29 is 19.3 Å². The van der Waals surface area contributed by atoms with Crippen LogP contribution in [0.5, 0.6) is 5.75 Å². The molecule has 1 aliphatic heterocycles. The highest BCUT2D eigenvalue weighted by Crippen LogP contribution is 2.18. The van der Waals surface area contributed by atoms with Crippen LogP contribution in [0.2, 0.25) is 0 Å². The molecular formula is C19H29NO4. The van der Waals surface area contributed by atoms with Crippen molar-refractivity contribution in [2.24, 2.45) is 0 Å². The third-order valence-electron chi connectivity index (χ3n) is 4.04. The van der Waals surface area contributed by atoms with Crippen molar-refractivity contribution >= 4 is 0 Å². The molecule has 5 heteroatoms. The molecule has 134 valence electrons. The SMILES string of the molecule is C=CCOCC(O)CN(Cc1cccc(OC)c1)CC1CCCO1. The van der Waals surface area contributed by atoms with E-state index in [-0.39, 0.29) is 6.10 Å². The Hall–Kier alpha value is -1.40. The normalized spacial score (nSPS) is 18.7. The molecule has 24 heavy (non-hydrogen) atoms. The zero-order chi connectivity index (χ0) is 17.2. The fourth-order valence-corrected chi connectivity index (χ4v) is 2.95. The van der Waals surface area contributed by atoms with Gasteiger partial charge < -0.3 is 19.3 Å². The van der Waals surface area contributed by atoms with Gasteiger partial charge in [0.25, 0.3) is 0 Å². The maximum Gasteiger partial charge on any atom is 0.119 e. The van der Waals surface area contributed by atoms with Gasteiger partial charge in [0.05, 0.1) is 32.5 Å². The largest absolute Gasteiger partial charge is 0.497 e. The average molecular weight is 335 g/mol. The standard InChI is InChI=1S/C19H29NO4/c1-3-9-23-15-17(21)13-20(14-19-8-5-10-24-19)12-16-6-4-7-18(11-16)22-2/h3-4,6-7,11,17,19,21H,1,5,8-10,12-15H2,2H3. The highest BCUT2D eigenvalue weighted by Gasteiger charge is 2.21. The van der Waals surface area contributed by atoms with E-state index in [0.29, 0.717) is 19.8 Å². The maximum absolute atomic E-state index is 10.2. The van der Waals surface area contributed by atoms with Crippen LogP contribution >= 0.6 is 0 Å². The third kappa shape index (κ3) is 6.61. The second kappa shape index (κ2) is 10.5. The Bertz CT molecular complexity index is 488. The Morgan fingerprint density at radius 3 is 3.08 bits per heavy atom. The summed E-state index contributed by atoms with van der Waals surface area (Å²) >= 11 is 0. The molecule has 1 N–H and O–H groups in total. The first-order chi connectivity index (χ1) is 11.7. The fraction of sp³-hybridized carbons (Fsp3) is 0.579. The van der Waals surface area contributed by atoms with Gasteiger partial charge in [-0.3, -0.25) is 4.90 Å². The summed E-state index contributed by atoms with van der Waals surface area (Å²) in [5.74, 6) is 0.847. The summed E-state index contributed by atoms with van der Waals surface area (Å²) in [5.41, 5.74) is 1.16. The highest BCUT2D eigenvalue weighted by molar-refractivity contribution is 5.28.